The van der Waals surface area contributed by atoms with Crippen LogP contribution in [0.5, 0.6) is 0 Å². The van der Waals surface area contributed by atoms with Gasteiger partial charge in [0.1, 0.15) is 11.5 Å². The summed E-state index contributed by atoms with van der Waals surface area (Å²) in [7, 11) is 0. The number of halogens is 1. The van der Waals surface area contributed by atoms with Crippen molar-refractivity contribution >= 4 is 12.4 Å². The predicted molar refractivity (Wildman–Crippen MR) is 104 cm³/mol. The van der Waals surface area contributed by atoms with E-state index in [1.165, 1.54) is 5.56 Å². The van der Waals surface area contributed by atoms with E-state index < -0.39 is 6.10 Å². The van der Waals surface area contributed by atoms with Gasteiger partial charge in [0.05, 0.1) is 12.6 Å². The minimum absolute atomic E-state index is 0. The van der Waals surface area contributed by atoms with Gasteiger partial charge in [0.25, 0.3) is 0 Å². The topological polar surface area (TPSA) is 45.4 Å². The number of aliphatic hydroxyl groups excluding tert-OH is 1. The van der Waals surface area contributed by atoms with E-state index in [0.717, 1.165) is 22.6 Å². The van der Waals surface area contributed by atoms with Gasteiger partial charge in [0.15, 0.2) is 0 Å². The second kappa shape index (κ2) is 8.86. The Bertz CT molecular complexity index is 766. The molecule has 0 aliphatic carbocycles. The molecule has 0 radical (unpaired) electrons. The Morgan fingerprint density at radius 2 is 1.56 bits per heavy atom. The second-order valence-corrected chi connectivity index (χ2v) is 6.08. The van der Waals surface area contributed by atoms with Crippen LogP contribution in [-0.4, -0.2) is 5.11 Å². The van der Waals surface area contributed by atoms with Crippen LogP contribution in [0.2, 0.25) is 0 Å². The van der Waals surface area contributed by atoms with Gasteiger partial charge in [-0.3, -0.25) is 0 Å². The summed E-state index contributed by atoms with van der Waals surface area (Å²) in [5.74, 6) is 1.75. The summed E-state index contributed by atoms with van der Waals surface area (Å²) in [5, 5.41) is 13.1. The number of hydrogen-bond donors (Lipinski definition) is 2. The second-order valence-electron chi connectivity index (χ2n) is 6.08. The van der Waals surface area contributed by atoms with Crippen LogP contribution in [0, 0.1) is 0 Å². The Morgan fingerprint density at radius 3 is 2.20 bits per heavy atom. The van der Waals surface area contributed by atoms with Crippen molar-refractivity contribution in [1.29, 1.82) is 0 Å². The van der Waals surface area contributed by atoms with E-state index in [1.54, 1.807) is 6.92 Å². The van der Waals surface area contributed by atoms with Gasteiger partial charge in [-0.2, -0.15) is 0 Å². The van der Waals surface area contributed by atoms with E-state index in [1.807, 2.05) is 42.5 Å². The first-order valence-electron chi connectivity index (χ1n) is 8.29. The van der Waals surface area contributed by atoms with Crippen molar-refractivity contribution in [3.05, 3.63) is 83.6 Å². The molecule has 2 atom stereocenters. The summed E-state index contributed by atoms with van der Waals surface area (Å²) in [6, 6.07) is 22.4. The molecule has 25 heavy (non-hydrogen) atoms. The highest BCUT2D eigenvalue weighted by atomic mass is 35.5. The molecule has 0 aliphatic rings. The smallest absolute Gasteiger partial charge is 0.134 e. The largest absolute Gasteiger partial charge is 0.460 e. The molecule has 0 amide bonds. The number of nitrogens with one attached hydrogen (secondary N) is 1. The maximum Gasteiger partial charge on any atom is 0.134 e. The molecular formula is C21H24ClNO2. The third-order valence-corrected chi connectivity index (χ3v) is 4.22. The van der Waals surface area contributed by atoms with Crippen molar-refractivity contribution in [3.8, 4) is 11.3 Å². The first-order chi connectivity index (χ1) is 11.6. The Kier molecular flexibility index (Phi) is 6.82. The first kappa shape index (κ1) is 19.3. The molecule has 2 unspecified atom stereocenters. The maximum atomic E-state index is 9.57. The molecule has 1 heterocycles. The van der Waals surface area contributed by atoms with Gasteiger partial charge in [-0.1, -0.05) is 54.6 Å². The lowest BCUT2D eigenvalue weighted by atomic mass is 10.1. The molecule has 1 aromatic heterocycles. The van der Waals surface area contributed by atoms with E-state index in [2.05, 4.69) is 36.5 Å². The molecule has 3 aromatic rings. The molecule has 0 aliphatic heterocycles. The maximum absolute atomic E-state index is 9.57. The van der Waals surface area contributed by atoms with E-state index in [0.29, 0.717) is 6.54 Å². The van der Waals surface area contributed by atoms with Gasteiger partial charge < -0.3 is 14.8 Å². The van der Waals surface area contributed by atoms with Gasteiger partial charge in [0, 0.05) is 11.6 Å². The Morgan fingerprint density at radius 1 is 0.880 bits per heavy atom. The van der Waals surface area contributed by atoms with Gasteiger partial charge >= 0.3 is 0 Å². The monoisotopic (exact) mass is 357 g/mol. The van der Waals surface area contributed by atoms with Crippen LogP contribution in [0.3, 0.4) is 0 Å². The molecule has 132 valence electrons. The number of rotatable bonds is 6. The van der Waals surface area contributed by atoms with Gasteiger partial charge in [-0.15, -0.1) is 12.4 Å². The number of hydrogen-bond acceptors (Lipinski definition) is 3. The minimum atomic E-state index is -0.449. The zero-order valence-corrected chi connectivity index (χ0v) is 15.3. The molecule has 0 saturated carbocycles. The third kappa shape index (κ3) is 4.95. The lowest BCUT2D eigenvalue weighted by Gasteiger charge is -2.12. The van der Waals surface area contributed by atoms with Crippen molar-refractivity contribution in [2.45, 2.75) is 32.5 Å². The summed E-state index contributed by atoms with van der Waals surface area (Å²) in [5.41, 5.74) is 3.18. The van der Waals surface area contributed by atoms with E-state index >= 15 is 0 Å². The summed E-state index contributed by atoms with van der Waals surface area (Å²) in [4.78, 5) is 0. The summed E-state index contributed by atoms with van der Waals surface area (Å²) < 4.78 is 5.93. The molecule has 0 spiro atoms. The van der Waals surface area contributed by atoms with Crippen molar-refractivity contribution in [1.82, 2.24) is 5.32 Å². The van der Waals surface area contributed by atoms with Gasteiger partial charge in [0.2, 0.25) is 0 Å². The Balaban J connectivity index is 0.00000225. The van der Waals surface area contributed by atoms with E-state index in [-0.39, 0.29) is 18.4 Å². The first-order valence-corrected chi connectivity index (χ1v) is 8.29. The van der Waals surface area contributed by atoms with Crippen molar-refractivity contribution < 1.29 is 9.52 Å². The van der Waals surface area contributed by atoms with E-state index in [4.69, 9.17) is 4.42 Å². The average molecular weight is 358 g/mol. The van der Waals surface area contributed by atoms with Crippen LogP contribution in [0.15, 0.2) is 71.1 Å². The predicted octanol–water partition coefficient (Wildman–Crippen LogP) is 5.27. The lowest BCUT2D eigenvalue weighted by molar-refractivity contribution is 0.199. The molecule has 0 saturated heterocycles. The SMILES string of the molecule is CC(O)c1ccc(-c2ccc(CNC(C)c3ccccc3)o2)cc1.Cl. The van der Waals surface area contributed by atoms with Crippen LogP contribution in [-0.2, 0) is 6.54 Å². The molecule has 4 heteroatoms. The minimum Gasteiger partial charge on any atom is -0.460 e. The molecular weight excluding hydrogens is 334 g/mol. The number of aliphatic hydroxyl groups is 1. The highest BCUT2D eigenvalue weighted by molar-refractivity contribution is 5.85. The van der Waals surface area contributed by atoms with Crippen LogP contribution in [0.25, 0.3) is 11.3 Å². The lowest BCUT2D eigenvalue weighted by Crippen LogP contribution is -2.17. The highest BCUT2D eigenvalue weighted by Gasteiger charge is 2.08. The Labute approximate surface area is 155 Å². The normalized spacial score (nSPS) is 13.1. The van der Waals surface area contributed by atoms with Crippen molar-refractivity contribution in [3.63, 3.8) is 0 Å². The molecule has 3 rings (SSSR count). The number of benzene rings is 2. The fraction of sp³-hybridized carbons (Fsp3) is 0.238. The highest BCUT2D eigenvalue weighted by Crippen LogP contribution is 2.24. The molecule has 3 nitrogen and oxygen atoms in total. The molecule has 2 N–H and O–H groups in total. The van der Waals surface area contributed by atoms with E-state index in [9.17, 15) is 5.11 Å². The fourth-order valence-corrected chi connectivity index (χ4v) is 2.67. The Hall–Kier alpha value is -2.07. The molecule has 0 bridgehead atoms. The number of furan rings is 1. The van der Waals surface area contributed by atoms with Crippen molar-refractivity contribution in [2.24, 2.45) is 0 Å². The van der Waals surface area contributed by atoms with Crippen LogP contribution in [0.1, 0.15) is 42.9 Å². The van der Waals surface area contributed by atoms with Crippen LogP contribution in [0.4, 0.5) is 0 Å². The quantitative estimate of drug-likeness (QED) is 0.631. The summed E-state index contributed by atoms with van der Waals surface area (Å²) in [6.45, 7) is 4.59. The average Bonchev–Trinajstić information content (AvgIpc) is 3.09. The molecule has 0 fully saturated rings. The standard InChI is InChI=1S/C21H23NO2.ClH/c1-15(17-6-4-3-5-7-17)22-14-20-12-13-21(24-20)19-10-8-18(9-11-19)16(2)23;/h3-13,15-16,22-23H,14H2,1-2H3;1H. The molecule has 2 aromatic carbocycles. The van der Waals surface area contributed by atoms with Gasteiger partial charge in [-0.05, 0) is 37.1 Å². The summed E-state index contributed by atoms with van der Waals surface area (Å²) in [6.07, 6.45) is -0.449. The zero-order chi connectivity index (χ0) is 16.9. The van der Waals surface area contributed by atoms with Gasteiger partial charge in [-0.25, -0.2) is 0 Å². The third-order valence-electron chi connectivity index (χ3n) is 4.22. The van der Waals surface area contributed by atoms with Crippen LogP contribution < -0.4 is 5.32 Å². The fourth-order valence-electron chi connectivity index (χ4n) is 2.67. The van der Waals surface area contributed by atoms with Crippen LogP contribution >= 0.6 is 12.4 Å². The summed E-state index contributed by atoms with van der Waals surface area (Å²) >= 11 is 0. The van der Waals surface area contributed by atoms with Crippen molar-refractivity contribution in [2.75, 3.05) is 0 Å². The zero-order valence-electron chi connectivity index (χ0n) is 14.5.